The van der Waals surface area contributed by atoms with Gasteiger partial charge in [0.05, 0.1) is 6.61 Å². The van der Waals surface area contributed by atoms with E-state index in [0.29, 0.717) is 0 Å². The Morgan fingerprint density at radius 1 is 1.30 bits per heavy atom. The van der Waals surface area contributed by atoms with Gasteiger partial charge in [0.1, 0.15) is 30.0 Å². The first-order chi connectivity index (χ1) is 9.51. The summed E-state index contributed by atoms with van der Waals surface area (Å²) in [5.74, 6) is 0.129. The number of nitrogen functional groups attached to an aromatic ring is 1. The van der Waals surface area contributed by atoms with Gasteiger partial charge < -0.3 is 36.4 Å². The number of fused-ring (bicyclic) bond motifs is 2. The van der Waals surface area contributed by atoms with E-state index in [-0.39, 0.29) is 17.5 Å². The van der Waals surface area contributed by atoms with Crippen molar-refractivity contribution in [2.75, 3.05) is 23.0 Å². The highest BCUT2D eigenvalue weighted by Gasteiger charge is 2.47. The van der Waals surface area contributed by atoms with Gasteiger partial charge in [-0.2, -0.15) is 4.98 Å². The number of rotatable bonds is 1. The van der Waals surface area contributed by atoms with Crippen LogP contribution in [0.4, 0.5) is 17.5 Å². The minimum absolute atomic E-state index is 0.0587. The maximum atomic E-state index is 11.8. The Kier molecular flexibility index (Phi) is 3.01. The molecule has 1 saturated heterocycles. The third-order valence-corrected chi connectivity index (χ3v) is 3.45. The number of aromatic nitrogens is 2. The smallest absolute Gasteiger partial charge is 0.277 e. The van der Waals surface area contributed by atoms with Gasteiger partial charge in [0.25, 0.3) is 5.56 Å². The molecule has 3 rings (SSSR count). The zero-order chi connectivity index (χ0) is 14.4. The number of anilines is 3. The first kappa shape index (κ1) is 13.1. The van der Waals surface area contributed by atoms with Crippen LogP contribution in [0.1, 0.15) is 0 Å². The number of ether oxygens (including phenoxy) is 1. The van der Waals surface area contributed by atoms with Crippen molar-refractivity contribution in [1.82, 2.24) is 9.97 Å². The van der Waals surface area contributed by atoms with E-state index in [1.807, 2.05) is 0 Å². The molecule has 8 N–H and O–H groups in total. The van der Waals surface area contributed by atoms with E-state index < -0.39 is 42.7 Å². The van der Waals surface area contributed by atoms with Gasteiger partial charge in [-0.15, -0.1) is 0 Å². The maximum Gasteiger partial charge on any atom is 0.277 e. The molecule has 1 aromatic heterocycles. The van der Waals surface area contributed by atoms with Gasteiger partial charge in [-0.1, -0.05) is 0 Å². The molecular formula is C10H15N5O5. The summed E-state index contributed by atoms with van der Waals surface area (Å²) in [7, 11) is 0. The highest BCUT2D eigenvalue weighted by Crippen LogP contribution is 2.30. The molecule has 5 atom stereocenters. The molecule has 0 unspecified atom stereocenters. The lowest BCUT2D eigenvalue weighted by atomic mass is 9.94. The summed E-state index contributed by atoms with van der Waals surface area (Å²) in [5, 5.41) is 34.6. The Morgan fingerprint density at radius 3 is 2.75 bits per heavy atom. The third kappa shape index (κ3) is 1.89. The second-order valence-electron chi connectivity index (χ2n) is 4.75. The molecule has 1 aromatic rings. The first-order valence-electron chi connectivity index (χ1n) is 6.06. The Hall–Kier alpha value is -1.88. The molecule has 1 fully saturated rings. The van der Waals surface area contributed by atoms with E-state index >= 15 is 0 Å². The summed E-state index contributed by atoms with van der Waals surface area (Å²) in [5.41, 5.74) is 5.06. The fraction of sp³-hybridized carbons (Fsp3) is 0.600. The fourth-order valence-electron chi connectivity index (χ4n) is 2.43. The minimum atomic E-state index is -1.27. The van der Waals surface area contributed by atoms with Crippen molar-refractivity contribution in [1.29, 1.82) is 0 Å². The van der Waals surface area contributed by atoms with Crippen molar-refractivity contribution >= 4 is 17.5 Å². The number of aromatic amines is 1. The molecule has 2 aliphatic rings. The second-order valence-corrected chi connectivity index (χ2v) is 4.75. The molecule has 20 heavy (non-hydrogen) atoms. The van der Waals surface area contributed by atoms with Gasteiger partial charge in [-0.3, -0.25) is 9.78 Å². The van der Waals surface area contributed by atoms with Gasteiger partial charge in [-0.25, -0.2) is 0 Å². The number of nitrogens with one attached hydrogen (secondary N) is 3. The summed E-state index contributed by atoms with van der Waals surface area (Å²) in [4.78, 5) is 18.0. The van der Waals surface area contributed by atoms with Gasteiger partial charge >= 0.3 is 0 Å². The SMILES string of the molecule is Nc1nc2c(c(=O)[nH]1)N[C@H]1[C@@H](O)[C@@H](O)[C@@H](CO)O[C@H]1N2. The highest BCUT2D eigenvalue weighted by atomic mass is 16.5. The average molecular weight is 285 g/mol. The molecule has 0 saturated carbocycles. The van der Waals surface area contributed by atoms with Crippen LogP contribution < -0.4 is 21.9 Å². The molecular weight excluding hydrogens is 270 g/mol. The first-order valence-corrected chi connectivity index (χ1v) is 6.06. The quantitative estimate of drug-likeness (QED) is 0.284. The van der Waals surface area contributed by atoms with E-state index in [9.17, 15) is 15.0 Å². The molecule has 0 aliphatic carbocycles. The summed E-state index contributed by atoms with van der Waals surface area (Å²) in [6.45, 7) is -0.444. The van der Waals surface area contributed by atoms with E-state index in [4.69, 9.17) is 15.6 Å². The van der Waals surface area contributed by atoms with Crippen LogP contribution in [0.15, 0.2) is 4.79 Å². The molecule has 0 spiro atoms. The number of hydrogen-bond acceptors (Lipinski definition) is 9. The largest absolute Gasteiger partial charge is 0.394 e. The summed E-state index contributed by atoms with van der Waals surface area (Å²) in [6.07, 6.45) is -4.17. The number of H-pyrrole nitrogens is 1. The van der Waals surface area contributed by atoms with Crippen LogP contribution in [-0.4, -0.2) is 62.5 Å². The van der Waals surface area contributed by atoms with Gasteiger partial charge in [0, 0.05) is 0 Å². The summed E-state index contributed by atoms with van der Waals surface area (Å²) in [6, 6.07) is -0.758. The molecule has 0 radical (unpaired) electrons. The number of nitrogens with two attached hydrogens (primary N) is 1. The van der Waals surface area contributed by atoms with Crippen LogP contribution in [0.2, 0.25) is 0 Å². The second kappa shape index (κ2) is 4.59. The van der Waals surface area contributed by atoms with Crippen molar-refractivity contribution in [2.24, 2.45) is 0 Å². The average Bonchev–Trinajstić information content (AvgIpc) is 2.41. The third-order valence-electron chi connectivity index (χ3n) is 3.45. The molecule has 3 heterocycles. The van der Waals surface area contributed by atoms with Crippen molar-refractivity contribution in [3.05, 3.63) is 10.4 Å². The maximum absolute atomic E-state index is 11.8. The normalized spacial score (nSPS) is 35.5. The molecule has 110 valence electrons. The monoisotopic (exact) mass is 285 g/mol. The summed E-state index contributed by atoms with van der Waals surface area (Å²) < 4.78 is 5.43. The number of hydrogen-bond donors (Lipinski definition) is 7. The van der Waals surface area contributed by atoms with E-state index in [1.165, 1.54) is 0 Å². The van der Waals surface area contributed by atoms with Gasteiger partial charge in [0.2, 0.25) is 5.95 Å². The molecule has 2 aliphatic heterocycles. The zero-order valence-corrected chi connectivity index (χ0v) is 10.3. The lowest BCUT2D eigenvalue weighted by Crippen LogP contribution is -2.65. The number of aliphatic hydroxyl groups excluding tert-OH is 3. The fourth-order valence-corrected chi connectivity index (χ4v) is 2.43. The van der Waals surface area contributed by atoms with Gasteiger partial charge in [0.15, 0.2) is 12.0 Å². The molecule has 10 nitrogen and oxygen atoms in total. The number of nitrogens with zero attached hydrogens (tertiary/aromatic N) is 1. The van der Waals surface area contributed by atoms with Crippen LogP contribution in [-0.2, 0) is 4.74 Å². The molecule has 0 amide bonds. The van der Waals surface area contributed by atoms with Crippen LogP contribution in [0.5, 0.6) is 0 Å². The zero-order valence-electron chi connectivity index (χ0n) is 10.3. The van der Waals surface area contributed by atoms with E-state index in [2.05, 4.69) is 20.6 Å². The Bertz CT molecular complexity index is 578. The van der Waals surface area contributed by atoms with Crippen LogP contribution in [0, 0.1) is 0 Å². The minimum Gasteiger partial charge on any atom is -0.394 e. The van der Waals surface area contributed by atoms with Gasteiger partial charge in [-0.05, 0) is 0 Å². The summed E-state index contributed by atoms with van der Waals surface area (Å²) >= 11 is 0. The number of aliphatic hydroxyl groups is 3. The van der Waals surface area contributed by atoms with Crippen LogP contribution >= 0.6 is 0 Å². The van der Waals surface area contributed by atoms with Crippen molar-refractivity contribution in [3.63, 3.8) is 0 Å². The highest BCUT2D eigenvalue weighted by molar-refractivity contribution is 5.68. The van der Waals surface area contributed by atoms with Crippen molar-refractivity contribution in [2.45, 2.75) is 30.6 Å². The molecule has 0 bridgehead atoms. The van der Waals surface area contributed by atoms with Crippen molar-refractivity contribution in [3.8, 4) is 0 Å². The van der Waals surface area contributed by atoms with Crippen LogP contribution in [0.25, 0.3) is 0 Å². The molecule has 10 heteroatoms. The Morgan fingerprint density at radius 2 is 2.05 bits per heavy atom. The predicted molar refractivity (Wildman–Crippen MR) is 68.1 cm³/mol. The Balaban J connectivity index is 1.96. The lowest BCUT2D eigenvalue weighted by Gasteiger charge is -2.45. The topological polar surface area (TPSA) is 166 Å². The van der Waals surface area contributed by atoms with E-state index in [1.54, 1.807) is 0 Å². The Labute approximate surface area is 112 Å². The molecule has 0 aromatic carbocycles. The van der Waals surface area contributed by atoms with E-state index in [0.717, 1.165) is 0 Å². The van der Waals surface area contributed by atoms with Crippen molar-refractivity contribution < 1.29 is 20.1 Å². The predicted octanol–water partition coefficient (Wildman–Crippen LogP) is -3.00. The van der Waals surface area contributed by atoms with Crippen LogP contribution in [0.3, 0.4) is 0 Å². The standard InChI is InChI=1S/C10H15N5O5/c11-10-14-7-4(8(19)15-10)12-3-6(18)5(17)2(1-16)20-9(3)13-7/h2-3,5-6,9,12,16-18H,1H2,(H4,11,13,14,15,19)/t2-,3+,5+,6-,9-/m1/s1. The lowest BCUT2D eigenvalue weighted by molar-refractivity contribution is -0.178.